The van der Waals surface area contributed by atoms with Crippen LogP contribution in [0.4, 0.5) is 5.82 Å². The molecule has 1 aromatic heterocycles. The third kappa shape index (κ3) is 6.50. The highest BCUT2D eigenvalue weighted by Crippen LogP contribution is 2.30. The summed E-state index contributed by atoms with van der Waals surface area (Å²) in [5, 5.41) is 18.4. The van der Waals surface area contributed by atoms with E-state index in [1.807, 2.05) is 0 Å². The zero-order valence-electron chi connectivity index (χ0n) is 11.6. The number of rotatable bonds is 4. The van der Waals surface area contributed by atoms with E-state index in [2.05, 4.69) is 9.29 Å². The summed E-state index contributed by atoms with van der Waals surface area (Å²) < 4.78 is 28.9. The van der Waals surface area contributed by atoms with E-state index >= 15 is 0 Å². The fourth-order valence-corrected chi connectivity index (χ4v) is 2.37. The molecule has 2 unspecified atom stereocenters. The van der Waals surface area contributed by atoms with Crippen LogP contribution in [0, 0.1) is 0 Å². The zero-order valence-corrected chi connectivity index (χ0v) is 13.6. The van der Waals surface area contributed by atoms with Gasteiger partial charge in [0.25, 0.3) is 0 Å². The van der Waals surface area contributed by atoms with Crippen LogP contribution in [-0.2, 0) is 18.2 Å². The van der Waals surface area contributed by atoms with Crippen molar-refractivity contribution in [2.24, 2.45) is 0 Å². The summed E-state index contributed by atoms with van der Waals surface area (Å²) in [6, 6.07) is 1.48. The average Bonchev–Trinajstić information content (AvgIpc) is 2.78. The average molecular weight is 373 g/mol. The van der Waals surface area contributed by atoms with Gasteiger partial charge in [0.05, 0.1) is 12.7 Å². The highest BCUT2D eigenvalue weighted by atomic mass is 31.2. The Kier molecular flexibility index (Phi) is 8.03. The Morgan fingerprint density at radius 3 is 2.43 bits per heavy atom. The zero-order chi connectivity index (χ0) is 17.6. The van der Waals surface area contributed by atoms with E-state index in [0.717, 1.165) is 0 Å². The van der Waals surface area contributed by atoms with Crippen LogP contribution < -0.4 is 11.4 Å². The molecular formula is C9H17N3O9P2. The number of hydrogen-bond acceptors (Lipinski definition) is 9. The Hall–Kier alpha value is -1.10. The van der Waals surface area contributed by atoms with Crippen molar-refractivity contribution in [3.05, 3.63) is 22.7 Å². The Labute approximate surface area is 131 Å². The lowest BCUT2D eigenvalue weighted by Crippen LogP contribution is -2.27. The molecule has 1 aliphatic rings. The lowest BCUT2D eigenvalue weighted by Gasteiger charge is -2.13. The number of nitrogens with zero attached hydrogens (tertiary/aromatic N) is 2. The monoisotopic (exact) mass is 373 g/mol. The maximum Gasteiger partial charge on any atom is 0.351 e. The summed E-state index contributed by atoms with van der Waals surface area (Å²) in [6.45, 7) is -0.283. The van der Waals surface area contributed by atoms with Crippen LogP contribution in [0.2, 0.25) is 0 Å². The van der Waals surface area contributed by atoms with E-state index < -0.39 is 40.6 Å². The van der Waals surface area contributed by atoms with Crippen molar-refractivity contribution >= 4 is 22.3 Å². The first-order valence-corrected chi connectivity index (χ1v) is 8.70. The molecule has 2 rings (SSSR count). The Bertz CT molecular complexity index is 613. The maximum atomic E-state index is 11.5. The van der Waals surface area contributed by atoms with Gasteiger partial charge in [-0.15, -0.1) is 0 Å². The van der Waals surface area contributed by atoms with Gasteiger partial charge >= 0.3 is 22.2 Å². The van der Waals surface area contributed by atoms with Gasteiger partial charge in [-0.25, -0.2) is 9.11 Å². The molecule has 0 radical (unpaired) electrons. The van der Waals surface area contributed by atoms with Gasteiger partial charge in [0, 0.05) is 12.6 Å². The maximum absolute atomic E-state index is 11.5. The van der Waals surface area contributed by atoms with Crippen molar-refractivity contribution in [2.75, 3.05) is 12.3 Å². The predicted molar refractivity (Wildman–Crippen MR) is 78.1 cm³/mol. The van der Waals surface area contributed by atoms with Gasteiger partial charge in [-0.2, -0.15) is 4.98 Å². The Morgan fingerprint density at radius 1 is 1.43 bits per heavy atom. The summed E-state index contributed by atoms with van der Waals surface area (Å²) in [7, 11) is -6.40. The molecule has 1 fully saturated rings. The fourth-order valence-electron chi connectivity index (χ4n) is 1.77. The second-order valence-electron chi connectivity index (χ2n) is 4.29. The van der Waals surface area contributed by atoms with E-state index in [9.17, 15) is 19.0 Å². The summed E-state index contributed by atoms with van der Waals surface area (Å²) in [5.41, 5.74) is 4.82. The quantitative estimate of drug-likeness (QED) is 0.375. The predicted octanol–water partition coefficient (Wildman–Crippen LogP) is -1.77. The molecule has 14 heteroatoms. The fraction of sp³-hybridized carbons (Fsp3) is 0.556. The van der Waals surface area contributed by atoms with Crippen molar-refractivity contribution in [1.29, 1.82) is 0 Å². The second-order valence-corrected chi connectivity index (χ2v) is 6.17. The van der Waals surface area contributed by atoms with Crippen molar-refractivity contribution in [2.45, 2.75) is 24.9 Å². The van der Waals surface area contributed by atoms with E-state index in [1.54, 1.807) is 0 Å². The number of ether oxygens (including phenoxy) is 1. The molecule has 2 heterocycles. The molecule has 23 heavy (non-hydrogen) atoms. The third-order valence-electron chi connectivity index (χ3n) is 2.72. The molecule has 1 aromatic rings. The van der Waals surface area contributed by atoms with Crippen LogP contribution in [-0.4, -0.2) is 48.4 Å². The highest BCUT2D eigenvalue weighted by molar-refractivity contribution is 7.46. The summed E-state index contributed by atoms with van der Waals surface area (Å²) in [4.78, 5) is 30.5. The number of aliphatic hydroxyl groups is 2. The highest BCUT2D eigenvalue weighted by Gasteiger charge is 2.34. The van der Waals surface area contributed by atoms with E-state index in [0.29, 0.717) is 0 Å². The smallest absolute Gasteiger partial charge is 0.351 e. The standard InChI is InChI=1S/C9H13N3O4.H4O5P2/c10-7-1-2-12(9(15)11-7)8-3-5(14)6(4-13)16-8;1-6(2)5-7(3)4/h1-2,5-6,8,13-14H,3-4H2,(H2,10,11,15);6-7H,(H,1,2)(H,3,4)/t5-,6+,8+;/m0./s1. The van der Waals surface area contributed by atoms with Crippen LogP contribution in [0.5, 0.6) is 0 Å². The SMILES string of the molecule is Nc1ccn([C@H]2C[C@H](O)[C@@H](CO)O2)c(=O)n1.O=[PH](O)O[PH](=O)O. The summed E-state index contributed by atoms with van der Waals surface area (Å²) in [6.07, 6.45) is -0.333. The Balaban J connectivity index is 0.000000322. The molecule has 1 aliphatic heterocycles. The van der Waals surface area contributed by atoms with E-state index in [4.69, 9.17) is 25.4 Å². The molecule has 0 spiro atoms. The summed E-state index contributed by atoms with van der Waals surface area (Å²) in [5.74, 6) is 0.138. The Morgan fingerprint density at radius 2 is 2.04 bits per heavy atom. The van der Waals surface area contributed by atoms with Gasteiger partial charge in [-0.3, -0.25) is 13.7 Å². The number of hydrogen-bond donors (Lipinski definition) is 5. The number of aromatic nitrogens is 2. The number of anilines is 1. The van der Waals surface area contributed by atoms with Crippen LogP contribution in [0.25, 0.3) is 0 Å². The molecule has 0 saturated carbocycles. The molecule has 6 N–H and O–H groups in total. The van der Waals surface area contributed by atoms with Crippen LogP contribution >= 0.6 is 16.5 Å². The van der Waals surface area contributed by atoms with Crippen LogP contribution in [0.3, 0.4) is 0 Å². The minimum atomic E-state index is -3.20. The number of aliphatic hydroxyl groups excluding tert-OH is 2. The normalized spacial score (nSPS) is 26.2. The molecular weight excluding hydrogens is 356 g/mol. The van der Waals surface area contributed by atoms with Gasteiger partial charge in [-0.05, 0) is 6.07 Å². The molecule has 0 amide bonds. The van der Waals surface area contributed by atoms with Crippen molar-refractivity contribution in [3.63, 3.8) is 0 Å². The molecule has 0 bridgehead atoms. The summed E-state index contributed by atoms with van der Waals surface area (Å²) >= 11 is 0. The topological polar surface area (TPSA) is 194 Å². The van der Waals surface area contributed by atoms with Crippen molar-refractivity contribution in [1.82, 2.24) is 9.55 Å². The number of nitrogens with two attached hydrogens (primary N) is 1. The van der Waals surface area contributed by atoms with Gasteiger partial charge in [0.1, 0.15) is 18.1 Å². The lowest BCUT2D eigenvalue weighted by molar-refractivity contribution is -0.0458. The third-order valence-corrected chi connectivity index (χ3v) is 4.12. The second kappa shape index (κ2) is 9.26. The van der Waals surface area contributed by atoms with Crippen molar-refractivity contribution in [3.8, 4) is 0 Å². The lowest BCUT2D eigenvalue weighted by atomic mass is 10.2. The molecule has 1 saturated heterocycles. The van der Waals surface area contributed by atoms with Crippen LogP contribution in [0.15, 0.2) is 17.1 Å². The first kappa shape index (κ1) is 19.9. The minimum absolute atomic E-state index is 0.138. The molecule has 132 valence electrons. The largest absolute Gasteiger partial charge is 0.394 e. The van der Waals surface area contributed by atoms with Gasteiger partial charge in [0.15, 0.2) is 0 Å². The van der Waals surface area contributed by atoms with E-state index in [-0.39, 0.29) is 18.8 Å². The first-order chi connectivity index (χ1) is 10.7. The van der Waals surface area contributed by atoms with E-state index in [1.165, 1.54) is 16.8 Å². The number of nitrogen functional groups attached to an aromatic ring is 1. The minimum Gasteiger partial charge on any atom is -0.394 e. The molecule has 5 atom stereocenters. The van der Waals surface area contributed by atoms with Crippen LogP contribution in [0.1, 0.15) is 12.6 Å². The van der Waals surface area contributed by atoms with Gasteiger partial charge < -0.3 is 30.5 Å². The molecule has 0 aliphatic carbocycles. The molecule has 0 aromatic carbocycles. The molecule has 12 nitrogen and oxygen atoms in total. The van der Waals surface area contributed by atoms with Gasteiger partial charge in [0.2, 0.25) is 0 Å². The van der Waals surface area contributed by atoms with Gasteiger partial charge in [-0.1, -0.05) is 0 Å². The first-order valence-electron chi connectivity index (χ1n) is 6.17. The van der Waals surface area contributed by atoms with Crippen molar-refractivity contribution < 1.29 is 38.2 Å².